The first kappa shape index (κ1) is 13.7. The molecule has 0 bridgehead atoms. The maximum atomic E-state index is 11.7. The van der Waals surface area contributed by atoms with Crippen molar-refractivity contribution in [3.8, 4) is 0 Å². The molecule has 1 aromatic rings. The number of halogens is 1. The minimum absolute atomic E-state index is 0.200. The maximum Gasteiger partial charge on any atom is 0.252 e. The van der Waals surface area contributed by atoms with Crippen LogP contribution in [-0.4, -0.2) is 29.6 Å². The molecule has 2 amide bonds. The van der Waals surface area contributed by atoms with Crippen LogP contribution < -0.4 is 11.1 Å². The molecule has 1 rings (SSSR count). The molecule has 1 aromatic carbocycles. The first-order chi connectivity index (χ1) is 7.91. The molecule has 0 aliphatic heterocycles. The summed E-state index contributed by atoms with van der Waals surface area (Å²) in [7, 11) is 0. The molecular formula is C11H13BrN2O3. The highest BCUT2D eigenvalue weighted by molar-refractivity contribution is 9.10. The molecule has 0 aliphatic rings. The van der Waals surface area contributed by atoms with Gasteiger partial charge in [0.15, 0.2) is 0 Å². The molecule has 4 N–H and O–H groups in total. The van der Waals surface area contributed by atoms with Gasteiger partial charge < -0.3 is 16.2 Å². The largest absolute Gasteiger partial charge is 0.381 e. The fourth-order valence-corrected chi connectivity index (χ4v) is 1.62. The van der Waals surface area contributed by atoms with Gasteiger partial charge in [-0.2, -0.15) is 0 Å². The van der Waals surface area contributed by atoms with E-state index in [9.17, 15) is 9.59 Å². The standard InChI is InChI=1S/C11H13BrN2O3/c1-6-2-3-8(12)7(4-6)11(17)14-5-9(15)10(13)16/h2-4,9,15H,5H2,1H3,(H2,13,16)(H,14,17). The van der Waals surface area contributed by atoms with Crippen molar-refractivity contribution in [1.29, 1.82) is 0 Å². The van der Waals surface area contributed by atoms with Gasteiger partial charge in [0.2, 0.25) is 5.91 Å². The predicted octanol–water partition coefficient (Wildman–Crippen LogP) is 0.334. The van der Waals surface area contributed by atoms with Crippen LogP contribution in [0.25, 0.3) is 0 Å². The van der Waals surface area contributed by atoms with Gasteiger partial charge in [0.25, 0.3) is 5.91 Å². The molecule has 0 fully saturated rings. The first-order valence-corrected chi connectivity index (χ1v) is 5.73. The van der Waals surface area contributed by atoms with Gasteiger partial charge >= 0.3 is 0 Å². The number of amides is 2. The first-order valence-electron chi connectivity index (χ1n) is 4.93. The predicted molar refractivity (Wildman–Crippen MR) is 66.4 cm³/mol. The van der Waals surface area contributed by atoms with Crippen LogP contribution in [0.2, 0.25) is 0 Å². The molecule has 0 aliphatic carbocycles. The van der Waals surface area contributed by atoms with Crippen molar-refractivity contribution in [2.24, 2.45) is 5.73 Å². The average Bonchev–Trinajstić information content (AvgIpc) is 2.28. The van der Waals surface area contributed by atoms with Crippen molar-refractivity contribution in [1.82, 2.24) is 5.32 Å². The second kappa shape index (κ2) is 5.79. The van der Waals surface area contributed by atoms with Gasteiger partial charge in [-0.25, -0.2) is 0 Å². The molecule has 0 aromatic heterocycles. The Morgan fingerprint density at radius 3 is 2.76 bits per heavy atom. The zero-order chi connectivity index (χ0) is 13.0. The molecule has 0 saturated heterocycles. The summed E-state index contributed by atoms with van der Waals surface area (Å²) >= 11 is 3.25. The number of carbonyl (C=O) groups is 2. The number of rotatable bonds is 4. The van der Waals surface area contributed by atoms with E-state index < -0.39 is 12.0 Å². The van der Waals surface area contributed by atoms with E-state index in [4.69, 9.17) is 10.8 Å². The topological polar surface area (TPSA) is 92.4 Å². The Hall–Kier alpha value is -1.40. The summed E-state index contributed by atoms with van der Waals surface area (Å²) in [6.45, 7) is 1.66. The van der Waals surface area contributed by atoms with Crippen LogP contribution in [0.1, 0.15) is 15.9 Å². The summed E-state index contributed by atoms with van der Waals surface area (Å²) in [5.74, 6) is -1.24. The molecular weight excluding hydrogens is 288 g/mol. The molecule has 6 heteroatoms. The molecule has 92 valence electrons. The third-order valence-electron chi connectivity index (χ3n) is 2.15. The Bertz CT molecular complexity index is 448. The third kappa shape index (κ3) is 3.83. The van der Waals surface area contributed by atoms with E-state index in [1.54, 1.807) is 12.1 Å². The second-order valence-corrected chi connectivity index (χ2v) is 4.47. The summed E-state index contributed by atoms with van der Waals surface area (Å²) in [5.41, 5.74) is 6.25. The van der Waals surface area contributed by atoms with E-state index >= 15 is 0 Å². The summed E-state index contributed by atoms with van der Waals surface area (Å²) in [5, 5.41) is 11.6. The van der Waals surface area contributed by atoms with E-state index in [2.05, 4.69) is 21.2 Å². The van der Waals surface area contributed by atoms with Gasteiger partial charge in [-0.3, -0.25) is 9.59 Å². The molecule has 0 radical (unpaired) electrons. The summed E-state index contributed by atoms with van der Waals surface area (Å²) in [4.78, 5) is 22.3. The normalized spacial score (nSPS) is 11.9. The zero-order valence-corrected chi connectivity index (χ0v) is 10.8. The van der Waals surface area contributed by atoms with E-state index in [1.165, 1.54) is 0 Å². The smallest absolute Gasteiger partial charge is 0.252 e. The lowest BCUT2D eigenvalue weighted by Gasteiger charge is -2.10. The molecule has 0 spiro atoms. The van der Waals surface area contributed by atoms with Gasteiger partial charge in [-0.05, 0) is 35.0 Å². The molecule has 17 heavy (non-hydrogen) atoms. The van der Waals surface area contributed by atoms with Gasteiger partial charge in [0.1, 0.15) is 6.10 Å². The Morgan fingerprint density at radius 2 is 2.18 bits per heavy atom. The number of benzene rings is 1. The lowest BCUT2D eigenvalue weighted by atomic mass is 10.1. The van der Waals surface area contributed by atoms with Crippen LogP contribution >= 0.6 is 15.9 Å². The molecule has 0 heterocycles. The highest BCUT2D eigenvalue weighted by Gasteiger charge is 2.14. The number of aryl methyl sites for hydroxylation is 1. The highest BCUT2D eigenvalue weighted by Crippen LogP contribution is 2.17. The van der Waals surface area contributed by atoms with Crippen molar-refractivity contribution in [2.75, 3.05) is 6.54 Å². The van der Waals surface area contributed by atoms with Gasteiger partial charge in [-0.15, -0.1) is 0 Å². The molecule has 0 saturated carbocycles. The Kier molecular flexibility index (Phi) is 4.65. The van der Waals surface area contributed by atoms with Gasteiger partial charge in [-0.1, -0.05) is 11.6 Å². The van der Waals surface area contributed by atoms with E-state index in [0.29, 0.717) is 10.0 Å². The summed E-state index contributed by atoms with van der Waals surface area (Å²) < 4.78 is 0.647. The quantitative estimate of drug-likeness (QED) is 0.748. The lowest BCUT2D eigenvalue weighted by molar-refractivity contribution is -0.125. The number of aliphatic hydroxyl groups excluding tert-OH is 1. The average molecular weight is 301 g/mol. The van der Waals surface area contributed by atoms with E-state index in [1.807, 2.05) is 13.0 Å². The van der Waals surface area contributed by atoms with E-state index in [-0.39, 0.29) is 12.5 Å². The lowest BCUT2D eigenvalue weighted by Crippen LogP contribution is -2.40. The second-order valence-electron chi connectivity index (χ2n) is 3.61. The van der Waals surface area contributed by atoms with Crippen molar-refractivity contribution in [2.45, 2.75) is 13.0 Å². The monoisotopic (exact) mass is 300 g/mol. The highest BCUT2D eigenvalue weighted by atomic mass is 79.9. The summed E-state index contributed by atoms with van der Waals surface area (Å²) in [6.07, 6.45) is -1.37. The molecule has 1 atom stereocenters. The van der Waals surface area contributed by atoms with E-state index in [0.717, 1.165) is 5.56 Å². The van der Waals surface area contributed by atoms with Gasteiger partial charge in [0.05, 0.1) is 12.1 Å². The molecule has 5 nitrogen and oxygen atoms in total. The van der Waals surface area contributed by atoms with Gasteiger partial charge in [0, 0.05) is 4.47 Å². The summed E-state index contributed by atoms with van der Waals surface area (Å²) in [6, 6.07) is 5.32. The fraction of sp³-hybridized carbons (Fsp3) is 0.273. The number of primary amides is 1. The number of aliphatic hydroxyl groups is 1. The minimum atomic E-state index is -1.37. The van der Waals surface area contributed by atoms with Crippen LogP contribution in [0.3, 0.4) is 0 Å². The van der Waals surface area contributed by atoms with Crippen molar-refractivity contribution in [3.63, 3.8) is 0 Å². The Labute approximate surface area is 107 Å². The van der Waals surface area contributed by atoms with Crippen LogP contribution in [0.5, 0.6) is 0 Å². The molecule has 1 unspecified atom stereocenters. The number of nitrogens with two attached hydrogens (primary N) is 1. The number of carbonyl (C=O) groups excluding carboxylic acids is 2. The third-order valence-corrected chi connectivity index (χ3v) is 2.84. The number of hydrogen-bond acceptors (Lipinski definition) is 3. The van der Waals surface area contributed by atoms with Crippen molar-refractivity contribution < 1.29 is 14.7 Å². The fourth-order valence-electron chi connectivity index (χ4n) is 1.20. The minimum Gasteiger partial charge on any atom is -0.381 e. The van der Waals surface area contributed by atoms with Crippen LogP contribution in [-0.2, 0) is 4.79 Å². The van der Waals surface area contributed by atoms with Crippen LogP contribution in [0, 0.1) is 6.92 Å². The Morgan fingerprint density at radius 1 is 1.53 bits per heavy atom. The van der Waals surface area contributed by atoms with Crippen molar-refractivity contribution in [3.05, 3.63) is 33.8 Å². The SMILES string of the molecule is Cc1ccc(Br)c(C(=O)NCC(O)C(N)=O)c1. The zero-order valence-electron chi connectivity index (χ0n) is 9.24. The Balaban J connectivity index is 2.70. The number of nitrogens with one attached hydrogen (secondary N) is 1. The number of hydrogen-bond donors (Lipinski definition) is 3. The van der Waals surface area contributed by atoms with Crippen LogP contribution in [0.15, 0.2) is 22.7 Å². The van der Waals surface area contributed by atoms with Crippen LogP contribution in [0.4, 0.5) is 0 Å². The maximum absolute atomic E-state index is 11.7. The van der Waals surface area contributed by atoms with Crippen molar-refractivity contribution >= 4 is 27.7 Å².